The zero-order valence-corrected chi connectivity index (χ0v) is 12.5. The average molecular weight is 254 g/mol. The van der Waals surface area contributed by atoms with Gasteiger partial charge in [-0.25, -0.2) is 0 Å². The van der Waals surface area contributed by atoms with Crippen LogP contribution < -0.4 is 5.73 Å². The van der Waals surface area contributed by atoms with Gasteiger partial charge in [-0.3, -0.25) is 4.79 Å². The molecule has 0 aromatic carbocycles. The molecule has 2 N–H and O–H groups in total. The van der Waals surface area contributed by atoms with Gasteiger partial charge >= 0.3 is 0 Å². The summed E-state index contributed by atoms with van der Waals surface area (Å²) in [4.78, 5) is 14.5. The fraction of sp³-hybridized carbons (Fsp3) is 0.933. The van der Waals surface area contributed by atoms with Gasteiger partial charge in [-0.2, -0.15) is 0 Å². The van der Waals surface area contributed by atoms with Crippen molar-refractivity contribution in [1.29, 1.82) is 0 Å². The third-order valence-corrected chi connectivity index (χ3v) is 4.30. The van der Waals surface area contributed by atoms with Crippen molar-refractivity contribution in [2.75, 3.05) is 13.6 Å². The van der Waals surface area contributed by atoms with E-state index in [1.165, 1.54) is 19.3 Å². The molecule has 106 valence electrons. The first kappa shape index (κ1) is 15.5. The molecule has 0 saturated heterocycles. The first-order valence-electron chi connectivity index (χ1n) is 7.44. The highest BCUT2D eigenvalue weighted by Crippen LogP contribution is 2.28. The fourth-order valence-electron chi connectivity index (χ4n) is 3.19. The van der Waals surface area contributed by atoms with E-state index in [1.54, 1.807) is 0 Å². The van der Waals surface area contributed by atoms with Crippen LogP contribution in [0.5, 0.6) is 0 Å². The summed E-state index contributed by atoms with van der Waals surface area (Å²) in [5.41, 5.74) is 5.78. The molecule has 0 radical (unpaired) electrons. The van der Waals surface area contributed by atoms with Crippen molar-refractivity contribution in [3.63, 3.8) is 0 Å². The number of carbonyl (C=O) groups excluding carboxylic acids is 1. The van der Waals surface area contributed by atoms with Crippen molar-refractivity contribution in [1.82, 2.24) is 4.90 Å². The lowest BCUT2D eigenvalue weighted by Gasteiger charge is -2.38. The van der Waals surface area contributed by atoms with E-state index in [2.05, 4.69) is 20.8 Å². The molecule has 18 heavy (non-hydrogen) atoms. The maximum absolute atomic E-state index is 12.5. The first-order chi connectivity index (χ1) is 8.47. The Bertz CT molecular complexity index is 265. The van der Waals surface area contributed by atoms with Crippen LogP contribution in [0.3, 0.4) is 0 Å². The number of hydrogen-bond donors (Lipinski definition) is 1. The Kier molecular flexibility index (Phi) is 6.13. The van der Waals surface area contributed by atoms with Crippen molar-refractivity contribution in [3.8, 4) is 0 Å². The molecule has 1 rings (SSSR count). The lowest BCUT2D eigenvalue weighted by atomic mass is 9.84. The van der Waals surface area contributed by atoms with Gasteiger partial charge in [0.2, 0.25) is 5.91 Å². The average Bonchev–Trinajstić information content (AvgIpc) is 2.34. The standard InChI is InChI=1S/C15H30N2O/c1-11(2)9-13(10-16)15(18)17(4)14-8-6-5-7-12(14)3/h11-14H,5-10,16H2,1-4H3. The quantitative estimate of drug-likeness (QED) is 0.820. The zero-order chi connectivity index (χ0) is 13.7. The minimum atomic E-state index is 0.00382. The molecule has 3 heteroatoms. The predicted octanol–water partition coefficient (Wildman–Crippen LogP) is 2.64. The van der Waals surface area contributed by atoms with Gasteiger partial charge in [-0.1, -0.05) is 33.6 Å². The van der Waals surface area contributed by atoms with Crippen LogP contribution >= 0.6 is 0 Å². The fourth-order valence-corrected chi connectivity index (χ4v) is 3.19. The summed E-state index contributed by atoms with van der Waals surface area (Å²) in [7, 11) is 1.97. The van der Waals surface area contributed by atoms with Gasteiger partial charge in [0, 0.05) is 19.6 Å². The van der Waals surface area contributed by atoms with E-state index in [0.29, 0.717) is 24.4 Å². The second kappa shape index (κ2) is 7.13. The molecule has 0 bridgehead atoms. The molecule has 3 unspecified atom stereocenters. The third kappa shape index (κ3) is 3.98. The van der Waals surface area contributed by atoms with Crippen molar-refractivity contribution in [2.24, 2.45) is 23.5 Å². The summed E-state index contributed by atoms with van der Waals surface area (Å²) >= 11 is 0. The number of nitrogens with two attached hydrogens (primary N) is 1. The molecular formula is C15H30N2O. The summed E-state index contributed by atoms with van der Waals surface area (Å²) in [6, 6.07) is 0.424. The highest BCUT2D eigenvalue weighted by atomic mass is 16.2. The Morgan fingerprint density at radius 2 is 1.94 bits per heavy atom. The molecule has 0 heterocycles. The maximum Gasteiger partial charge on any atom is 0.226 e. The molecule has 0 aromatic heterocycles. The molecule has 1 saturated carbocycles. The Balaban J connectivity index is 2.62. The predicted molar refractivity (Wildman–Crippen MR) is 76.2 cm³/mol. The summed E-state index contributed by atoms with van der Waals surface area (Å²) < 4.78 is 0. The molecule has 0 spiro atoms. The third-order valence-electron chi connectivity index (χ3n) is 4.30. The van der Waals surface area contributed by atoms with Gasteiger partial charge in [0.05, 0.1) is 5.92 Å². The molecule has 3 atom stereocenters. The second-order valence-corrected chi connectivity index (χ2v) is 6.34. The molecule has 1 amide bonds. The summed E-state index contributed by atoms with van der Waals surface area (Å²) in [5.74, 6) is 1.42. The largest absolute Gasteiger partial charge is 0.342 e. The van der Waals surface area contributed by atoms with Gasteiger partial charge in [0.15, 0.2) is 0 Å². The SMILES string of the molecule is CC(C)CC(CN)C(=O)N(C)C1CCCCC1C. The highest BCUT2D eigenvalue weighted by molar-refractivity contribution is 5.79. The topological polar surface area (TPSA) is 46.3 Å². The van der Waals surface area contributed by atoms with E-state index in [0.717, 1.165) is 12.8 Å². The molecule has 0 aromatic rings. The number of nitrogens with zero attached hydrogens (tertiary/aromatic N) is 1. The molecule has 1 aliphatic carbocycles. The number of carbonyl (C=O) groups is 1. The first-order valence-corrected chi connectivity index (χ1v) is 7.44. The smallest absolute Gasteiger partial charge is 0.226 e. The van der Waals surface area contributed by atoms with Gasteiger partial charge in [-0.15, -0.1) is 0 Å². The van der Waals surface area contributed by atoms with Gasteiger partial charge in [-0.05, 0) is 31.1 Å². The van der Waals surface area contributed by atoms with Crippen molar-refractivity contribution < 1.29 is 4.79 Å². The van der Waals surface area contributed by atoms with E-state index in [9.17, 15) is 4.79 Å². The van der Waals surface area contributed by atoms with Crippen LogP contribution in [0.2, 0.25) is 0 Å². The van der Waals surface area contributed by atoms with Crippen LogP contribution in [0, 0.1) is 17.8 Å². The molecule has 0 aliphatic heterocycles. The van der Waals surface area contributed by atoms with E-state index in [-0.39, 0.29) is 11.8 Å². The summed E-state index contributed by atoms with van der Waals surface area (Å²) in [5, 5.41) is 0. The molecule has 1 aliphatic rings. The lowest BCUT2D eigenvalue weighted by Crippen LogP contribution is -2.46. The Morgan fingerprint density at radius 3 is 2.44 bits per heavy atom. The van der Waals surface area contributed by atoms with Crippen LogP contribution in [-0.4, -0.2) is 30.4 Å². The van der Waals surface area contributed by atoms with Crippen LogP contribution in [0.15, 0.2) is 0 Å². The highest BCUT2D eigenvalue weighted by Gasteiger charge is 2.31. The van der Waals surface area contributed by atoms with Gasteiger partial charge < -0.3 is 10.6 Å². The lowest BCUT2D eigenvalue weighted by molar-refractivity contribution is -0.138. The van der Waals surface area contributed by atoms with E-state index in [4.69, 9.17) is 5.73 Å². The van der Waals surface area contributed by atoms with E-state index < -0.39 is 0 Å². The second-order valence-electron chi connectivity index (χ2n) is 6.34. The minimum absolute atomic E-state index is 0.00382. The van der Waals surface area contributed by atoms with Crippen LogP contribution in [0.1, 0.15) is 52.9 Å². The number of amides is 1. The van der Waals surface area contributed by atoms with Crippen LogP contribution in [0.4, 0.5) is 0 Å². The van der Waals surface area contributed by atoms with Crippen molar-refractivity contribution in [2.45, 2.75) is 58.9 Å². The van der Waals surface area contributed by atoms with Gasteiger partial charge in [0.25, 0.3) is 0 Å². The van der Waals surface area contributed by atoms with Gasteiger partial charge in [0.1, 0.15) is 0 Å². The minimum Gasteiger partial charge on any atom is -0.342 e. The zero-order valence-electron chi connectivity index (χ0n) is 12.5. The molecule has 3 nitrogen and oxygen atoms in total. The van der Waals surface area contributed by atoms with Crippen molar-refractivity contribution in [3.05, 3.63) is 0 Å². The van der Waals surface area contributed by atoms with Crippen LogP contribution in [-0.2, 0) is 4.79 Å². The van der Waals surface area contributed by atoms with Crippen LogP contribution in [0.25, 0.3) is 0 Å². The van der Waals surface area contributed by atoms with E-state index >= 15 is 0 Å². The van der Waals surface area contributed by atoms with Crippen molar-refractivity contribution >= 4 is 5.91 Å². The normalized spacial score (nSPS) is 26.1. The Morgan fingerprint density at radius 1 is 1.33 bits per heavy atom. The molecular weight excluding hydrogens is 224 g/mol. The Hall–Kier alpha value is -0.570. The maximum atomic E-state index is 12.5. The Labute approximate surface area is 112 Å². The van der Waals surface area contributed by atoms with E-state index in [1.807, 2.05) is 11.9 Å². The molecule has 1 fully saturated rings. The summed E-state index contributed by atoms with van der Waals surface area (Å²) in [6.45, 7) is 7.05. The number of hydrogen-bond acceptors (Lipinski definition) is 2. The number of rotatable bonds is 5. The monoisotopic (exact) mass is 254 g/mol. The summed E-state index contributed by atoms with van der Waals surface area (Å²) in [6.07, 6.45) is 5.87.